The molecule has 2 aromatic rings. The Labute approximate surface area is 105 Å². The molecule has 2 aromatic heterocycles. The fourth-order valence-corrected chi connectivity index (χ4v) is 2.14. The molecule has 0 aliphatic rings. The molecule has 0 fully saturated rings. The summed E-state index contributed by atoms with van der Waals surface area (Å²) in [5, 5.41) is 7.51. The van der Waals surface area contributed by atoms with E-state index in [0.717, 1.165) is 18.8 Å². The van der Waals surface area contributed by atoms with E-state index >= 15 is 0 Å². The summed E-state index contributed by atoms with van der Waals surface area (Å²) in [6.45, 7) is 3.41. The maximum absolute atomic E-state index is 5.31. The van der Waals surface area contributed by atoms with E-state index in [-0.39, 0.29) is 0 Å². The van der Waals surface area contributed by atoms with Crippen molar-refractivity contribution in [2.24, 2.45) is 0 Å². The summed E-state index contributed by atoms with van der Waals surface area (Å²) < 4.78 is 5.31. The molecule has 1 N–H and O–H groups in total. The number of anilines is 1. The highest BCUT2D eigenvalue weighted by Gasteiger charge is 1.99. The van der Waals surface area contributed by atoms with Gasteiger partial charge < -0.3 is 10.1 Å². The van der Waals surface area contributed by atoms with E-state index in [4.69, 9.17) is 4.74 Å². The molecule has 0 radical (unpaired) electrons. The van der Waals surface area contributed by atoms with Crippen molar-refractivity contribution in [3.63, 3.8) is 0 Å². The third-order valence-electron chi connectivity index (χ3n) is 2.23. The number of thiophene rings is 1. The van der Waals surface area contributed by atoms with E-state index in [2.05, 4.69) is 32.1 Å². The molecule has 0 aliphatic carbocycles. The average Bonchev–Trinajstić information content (AvgIpc) is 2.83. The van der Waals surface area contributed by atoms with Gasteiger partial charge >= 0.3 is 0 Å². The molecule has 0 aromatic carbocycles. The van der Waals surface area contributed by atoms with Crippen LogP contribution in [0.25, 0.3) is 0 Å². The van der Waals surface area contributed by atoms with Gasteiger partial charge in [0.15, 0.2) is 0 Å². The van der Waals surface area contributed by atoms with Crippen molar-refractivity contribution in [2.75, 3.05) is 18.5 Å². The topological polar surface area (TPSA) is 47.0 Å². The van der Waals surface area contributed by atoms with Gasteiger partial charge in [0.2, 0.25) is 5.88 Å². The molecule has 0 aliphatic heterocycles. The Bertz CT molecular complexity index is 445. The third kappa shape index (κ3) is 3.71. The van der Waals surface area contributed by atoms with Gasteiger partial charge in [0.05, 0.1) is 6.61 Å². The van der Waals surface area contributed by atoms with Crippen LogP contribution < -0.4 is 10.1 Å². The molecule has 0 saturated heterocycles. The number of ether oxygens (including phenoxy) is 1. The molecule has 0 amide bonds. The van der Waals surface area contributed by atoms with Gasteiger partial charge in [-0.3, -0.25) is 0 Å². The third-order valence-corrected chi connectivity index (χ3v) is 2.97. The van der Waals surface area contributed by atoms with Gasteiger partial charge in [-0.2, -0.15) is 11.3 Å². The highest BCUT2D eigenvalue weighted by Crippen LogP contribution is 2.11. The van der Waals surface area contributed by atoms with Crippen LogP contribution in [-0.2, 0) is 6.42 Å². The first-order valence-electron chi connectivity index (χ1n) is 5.58. The van der Waals surface area contributed by atoms with Crippen LogP contribution in [0.15, 0.2) is 29.2 Å². The minimum Gasteiger partial charge on any atom is -0.478 e. The first kappa shape index (κ1) is 11.9. The standard InChI is InChI=1S/C12H15N3OS/c1-2-16-12-7-11(14-9-15-12)13-5-3-10-4-6-17-8-10/h4,6-9H,2-3,5H2,1H3,(H,13,14,15). The fourth-order valence-electron chi connectivity index (χ4n) is 1.43. The predicted octanol–water partition coefficient (Wildman–Crippen LogP) is 2.59. The number of rotatable bonds is 6. The van der Waals surface area contributed by atoms with Crippen LogP contribution in [0.3, 0.4) is 0 Å². The molecule has 90 valence electrons. The summed E-state index contributed by atoms with van der Waals surface area (Å²) in [6, 6.07) is 3.95. The summed E-state index contributed by atoms with van der Waals surface area (Å²) in [6.07, 6.45) is 2.51. The van der Waals surface area contributed by atoms with Gasteiger partial charge in [-0.15, -0.1) is 0 Å². The highest BCUT2D eigenvalue weighted by molar-refractivity contribution is 7.07. The molecular weight excluding hydrogens is 234 g/mol. The van der Waals surface area contributed by atoms with Crippen molar-refractivity contribution in [1.82, 2.24) is 9.97 Å². The van der Waals surface area contributed by atoms with Crippen LogP contribution in [0.2, 0.25) is 0 Å². The van der Waals surface area contributed by atoms with E-state index in [1.54, 1.807) is 11.3 Å². The lowest BCUT2D eigenvalue weighted by molar-refractivity contribution is 0.326. The van der Waals surface area contributed by atoms with Crippen molar-refractivity contribution in [1.29, 1.82) is 0 Å². The molecular formula is C12H15N3OS. The van der Waals surface area contributed by atoms with E-state index in [1.165, 1.54) is 11.9 Å². The van der Waals surface area contributed by atoms with Gasteiger partial charge in [0.1, 0.15) is 12.1 Å². The van der Waals surface area contributed by atoms with E-state index in [9.17, 15) is 0 Å². The second-order valence-electron chi connectivity index (χ2n) is 3.48. The van der Waals surface area contributed by atoms with Crippen LogP contribution in [0.4, 0.5) is 5.82 Å². The Morgan fingerprint density at radius 1 is 1.41 bits per heavy atom. The molecule has 5 heteroatoms. The lowest BCUT2D eigenvalue weighted by atomic mass is 10.2. The van der Waals surface area contributed by atoms with Crippen LogP contribution in [0, 0.1) is 0 Å². The molecule has 0 spiro atoms. The lowest BCUT2D eigenvalue weighted by Gasteiger charge is -2.06. The van der Waals surface area contributed by atoms with Crippen LogP contribution in [-0.4, -0.2) is 23.1 Å². The fraction of sp³-hybridized carbons (Fsp3) is 0.333. The zero-order chi connectivity index (χ0) is 11.9. The minimum atomic E-state index is 0.612. The Kier molecular flexibility index (Phi) is 4.32. The summed E-state index contributed by atoms with van der Waals surface area (Å²) in [7, 11) is 0. The molecule has 17 heavy (non-hydrogen) atoms. The number of hydrogen-bond acceptors (Lipinski definition) is 5. The monoisotopic (exact) mass is 249 g/mol. The molecule has 4 nitrogen and oxygen atoms in total. The predicted molar refractivity (Wildman–Crippen MR) is 69.7 cm³/mol. The number of hydrogen-bond donors (Lipinski definition) is 1. The SMILES string of the molecule is CCOc1cc(NCCc2ccsc2)ncn1. The number of nitrogens with zero attached hydrogens (tertiary/aromatic N) is 2. The van der Waals surface area contributed by atoms with Crippen molar-refractivity contribution in [3.8, 4) is 5.88 Å². The summed E-state index contributed by atoms with van der Waals surface area (Å²) in [4.78, 5) is 8.16. The van der Waals surface area contributed by atoms with Gasteiger partial charge in [-0.1, -0.05) is 0 Å². The normalized spacial score (nSPS) is 10.2. The van der Waals surface area contributed by atoms with Crippen LogP contribution in [0.5, 0.6) is 5.88 Å². The van der Waals surface area contributed by atoms with Gasteiger partial charge in [0.25, 0.3) is 0 Å². The highest BCUT2D eigenvalue weighted by atomic mass is 32.1. The summed E-state index contributed by atoms with van der Waals surface area (Å²) >= 11 is 1.72. The molecule has 0 saturated carbocycles. The molecule has 2 rings (SSSR count). The second kappa shape index (κ2) is 6.20. The van der Waals surface area contributed by atoms with Crippen LogP contribution in [0.1, 0.15) is 12.5 Å². The van der Waals surface area contributed by atoms with E-state index in [0.29, 0.717) is 12.5 Å². The lowest BCUT2D eigenvalue weighted by Crippen LogP contribution is -2.06. The van der Waals surface area contributed by atoms with Gasteiger partial charge in [0, 0.05) is 12.6 Å². The Balaban J connectivity index is 1.84. The smallest absolute Gasteiger partial charge is 0.218 e. The largest absolute Gasteiger partial charge is 0.478 e. The average molecular weight is 249 g/mol. The van der Waals surface area contributed by atoms with Crippen molar-refractivity contribution in [3.05, 3.63) is 34.8 Å². The number of nitrogens with one attached hydrogen (secondary N) is 1. The minimum absolute atomic E-state index is 0.612. The molecule has 2 heterocycles. The van der Waals surface area contributed by atoms with E-state index in [1.807, 2.05) is 13.0 Å². The van der Waals surface area contributed by atoms with Gasteiger partial charge in [-0.25, -0.2) is 9.97 Å². The zero-order valence-electron chi connectivity index (χ0n) is 9.72. The van der Waals surface area contributed by atoms with Crippen molar-refractivity contribution >= 4 is 17.2 Å². The molecule has 0 atom stereocenters. The second-order valence-corrected chi connectivity index (χ2v) is 4.26. The Hall–Kier alpha value is -1.62. The van der Waals surface area contributed by atoms with Gasteiger partial charge in [-0.05, 0) is 35.7 Å². The Morgan fingerprint density at radius 2 is 2.35 bits per heavy atom. The maximum Gasteiger partial charge on any atom is 0.218 e. The maximum atomic E-state index is 5.31. The molecule has 0 bridgehead atoms. The molecule has 0 unspecified atom stereocenters. The first-order chi connectivity index (χ1) is 8.38. The van der Waals surface area contributed by atoms with E-state index < -0.39 is 0 Å². The van der Waals surface area contributed by atoms with Crippen molar-refractivity contribution < 1.29 is 4.74 Å². The van der Waals surface area contributed by atoms with Crippen molar-refractivity contribution in [2.45, 2.75) is 13.3 Å². The summed E-state index contributed by atoms with van der Waals surface area (Å²) in [5.74, 6) is 1.42. The quantitative estimate of drug-likeness (QED) is 0.854. The number of aromatic nitrogens is 2. The zero-order valence-corrected chi connectivity index (χ0v) is 10.5. The summed E-state index contributed by atoms with van der Waals surface area (Å²) in [5.41, 5.74) is 1.35. The first-order valence-corrected chi connectivity index (χ1v) is 6.52. The van der Waals surface area contributed by atoms with Crippen LogP contribution >= 0.6 is 11.3 Å². The Morgan fingerprint density at radius 3 is 3.12 bits per heavy atom.